The van der Waals surface area contributed by atoms with Crippen LogP contribution >= 0.6 is 0 Å². The molecule has 0 aromatic rings. The van der Waals surface area contributed by atoms with E-state index in [0.717, 1.165) is 51.7 Å². The molecule has 1 rings (SSSR count). The molecule has 4 heteroatoms. The Hall–Kier alpha value is -0.610. The van der Waals surface area contributed by atoms with Crippen LogP contribution in [0, 0.1) is 5.41 Å². The Morgan fingerprint density at radius 3 is 2.41 bits per heavy atom. The van der Waals surface area contributed by atoms with E-state index < -0.39 is 11.4 Å². The van der Waals surface area contributed by atoms with Crippen LogP contribution in [0.4, 0.5) is 0 Å². The van der Waals surface area contributed by atoms with Crippen molar-refractivity contribution in [3.63, 3.8) is 0 Å². The fraction of sp³-hybridized carbons (Fsp3) is 0.923. The summed E-state index contributed by atoms with van der Waals surface area (Å²) >= 11 is 0. The molecule has 1 heterocycles. The summed E-state index contributed by atoms with van der Waals surface area (Å²) in [5.41, 5.74) is -0.490. The largest absolute Gasteiger partial charge is 0.481 e. The molecule has 0 aromatic carbocycles. The third kappa shape index (κ3) is 3.96. The first-order chi connectivity index (χ1) is 8.00. The Morgan fingerprint density at radius 2 is 2.00 bits per heavy atom. The number of hydrogen-bond acceptors (Lipinski definition) is 3. The first kappa shape index (κ1) is 14.5. The van der Waals surface area contributed by atoms with Crippen LogP contribution < -0.4 is 0 Å². The molecule has 2 N–H and O–H groups in total. The summed E-state index contributed by atoms with van der Waals surface area (Å²) in [6, 6.07) is 0. The van der Waals surface area contributed by atoms with E-state index in [1.165, 1.54) is 0 Å². The molecular weight excluding hydrogens is 218 g/mol. The zero-order chi connectivity index (χ0) is 12.9. The van der Waals surface area contributed by atoms with Gasteiger partial charge in [-0.05, 0) is 45.7 Å². The molecule has 17 heavy (non-hydrogen) atoms. The van der Waals surface area contributed by atoms with Crippen LogP contribution in [-0.2, 0) is 4.79 Å². The van der Waals surface area contributed by atoms with E-state index in [2.05, 4.69) is 4.90 Å². The summed E-state index contributed by atoms with van der Waals surface area (Å²) in [5, 5.41) is 18.6. The molecule has 4 nitrogen and oxygen atoms in total. The Kier molecular flexibility index (Phi) is 5.40. The van der Waals surface area contributed by atoms with Crippen LogP contribution in [-0.4, -0.2) is 46.8 Å². The molecular formula is C13H25NO3. The summed E-state index contributed by atoms with van der Waals surface area (Å²) in [6.07, 6.45) is 3.71. The van der Waals surface area contributed by atoms with Gasteiger partial charge in [0.15, 0.2) is 0 Å². The molecule has 1 aliphatic heterocycles. The van der Waals surface area contributed by atoms with E-state index in [4.69, 9.17) is 0 Å². The quantitative estimate of drug-likeness (QED) is 0.746. The van der Waals surface area contributed by atoms with Crippen LogP contribution in [0.3, 0.4) is 0 Å². The van der Waals surface area contributed by atoms with Crippen LogP contribution in [0.15, 0.2) is 0 Å². The topological polar surface area (TPSA) is 60.8 Å². The summed E-state index contributed by atoms with van der Waals surface area (Å²) < 4.78 is 0. The van der Waals surface area contributed by atoms with Crippen molar-refractivity contribution in [2.45, 2.75) is 52.1 Å². The lowest BCUT2D eigenvalue weighted by atomic mass is 9.75. The SMILES string of the molecule is CCCC1(C(=O)O)CCN(CCC(C)O)CC1. The highest BCUT2D eigenvalue weighted by molar-refractivity contribution is 5.74. The van der Waals surface area contributed by atoms with Crippen molar-refractivity contribution in [2.24, 2.45) is 5.41 Å². The molecule has 0 spiro atoms. The van der Waals surface area contributed by atoms with E-state index >= 15 is 0 Å². The number of hydrogen-bond donors (Lipinski definition) is 2. The Balaban J connectivity index is 2.44. The molecule has 0 radical (unpaired) electrons. The number of likely N-dealkylation sites (tertiary alicyclic amines) is 1. The maximum Gasteiger partial charge on any atom is 0.309 e. The van der Waals surface area contributed by atoms with Gasteiger partial charge in [-0.15, -0.1) is 0 Å². The molecule has 0 saturated carbocycles. The monoisotopic (exact) mass is 243 g/mol. The normalized spacial score (nSPS) is 22.3. The molecule has 1 atom stereocenters. The number of carboxylic acids is 1. The van der Waals surface area contributed by atoms with Crippen LogP contribution in [0.1, 0.15) is 46.0 Å². The standard InChI is InChI=1S/C13H25NO3/c1-3-5-13(12(16)17)6-9-14(10-7-13)8-4-11(2)15/h11,15H,3-10H2,1-2H3,(H,16,17). The van der Waals surface area contributed by atoms with E-state index in [0.29, 0.717) is 0 Å². The highest BCUT2D eigenvalue weighted by Gasteiger charge is 2.40. The first-order valence-electron chi connectivity index (χ1n) is 6.64. The lowest BCUT2D eigenvalue weighted by Crippen LogP contribution is -2.44. The molecule has 1 aliphatic rings. The lowest BCUT2D eigenvalue weighted by Gasteiger charge is -2.39. The number of aliphatic carboxylic acids is 1. The number of carboxylic acid groups (broad SMARTS) is 1. The fourth-order valence-electron chi connectivity index (χ4n) is 2.62. The van der Waals surface area contributed by atoms with Crippen molar-refractivity contribution in [1.82, 2.24) is 4.90 Å². The predicted octanol–water partition coefficient (Wildman–Crippen LogP) is 1.72. The number of rotatable bonds is 6. The van der Waals surface area contributed by atoms with E-state index in [1.54, 1.807) is 6.92 Å². The highest BCUT2D eigenvalue weighted by atomic mass is 16.4. The Morgan fingerprint density at radius 1 is 1.41 bits per heavy atom. The van der Waals surface area contributed by atoms with Crippen molar-refractivity contribution >= 4 is 5.97 Å². The molecule has 1 saturated heterocycles. The molecule has 0 aromatic heterocycles. The molecule has 1 unspecified atom stereocenters. The van der Waals surface area contributed by atoms with Crippen LogP contribution in [0.25, 0.3) is 0 Å². The van der Waals surface area contributed by atoms with E-state index in [-0.39, 0.29) is 6.10 Å². The van der Waals surface area contributed by atoms with Gasteiger partial charge in [-0.3, -0.25) is 4.79 Å². The third-order valence-electron chi connectivity index (χ3n) is 3.86. The zero-order valence-electron chi connectivity index (χ0n) is 11.0. The van der Waals surface area contributed by atoms with Gasteiger partial charge in [-0.2, -0.15) is 0 Å². The summed E-state index contributed by atoms with van der Waals surface area (Å²) in [5.74, 6) is -0.630. The number of carbonyl (C=O) groups is 1. The minimum Gasteiger partial charge on any atom is -0.481 e. The van der Waals surface area contributed by atoms with Crippen molar-refractivity contribution in [3.05, 3.63) is 0 Å². The number of aliphatic hydroxyl groups is 1. The van der Waals surface area contributed by atoms with E-state index in [9.17, 15) is 15.0 Å². The molecule has 0 bridgehead atoms. The van der Waals surface area contributed by atoms with Crippen molar-refractivity contribution < 1.29 is 15.0 Å². The maximum atomic E-state index is 11.4. The smallest absolute Gasteiger partial charge is 0.309 e. The Labute approximate surface area is 104 Å². The van der Waals surface area contributed by atoms with Gasteiger partial charge in [0.05, 0.1) is 11.5 Å². The van der Waals surface area contributed by atoms with Crippen molar-refractivity contribution in [2.75, 3.05) is 19.6 Å². The summed E-state index contributed by atoms with van der Waals surface area (Å²) in [6.45, 7) is 6.41. The predicted molar refractivity (Wildman–Crippen MR) is 66.9 cm³/mol. The van der Waals surface area contributed by atoms with Gasteiger partial charge in [0.1, 0.15) is 0 Å². The number of aliphatic hydroxyl groups excluding tert-OH is 1. The van der Waals surface area contributed by atoms with Gasteiger partial charge in [0.25, 0.3) is 0 Å². The summed E-state index contributed by atoms with van der Waals surface area (Å²) in [4.78, 5) is 13.6. The van der Waals surface area contributed by atoms with Gasteiger partial charge in [0.2, 0.25) is 0 Å². The average Bonchev–Trinajstić information content (AvgIpc) is 2.28. The molecule has 1 fully saturated rings. The molecule has 0 amide bonds. The van der Waals surface area contributed by atoms with Crippen molar-refractivity contribution in [1.29, 1.82) is 0 Å². The van der Waals surface area contributed by atoms with Crippen LogP contribution in [0.5, 0.6) is 0 Å². The average molecular weight is 243 g/mol. The van der Waals surface area contributed by atoms with Gasteiger partial charge >= 0.3 is 5.97 Å². The second-order valence-electron chi connectivity index (χ2n) is 5.31. The number of nitrogens with zero attached hydrogens (tertiary/aromatic N) is 1. The van der Waals surface area contributed by atoms with Gasteiger partial charge in [-0.25, -0.2) is 0 Å². The minimum atomic E-state index is -0.630. The van der Waals surface area contributed by atoms with Crippen LogP contribution in [0.2, 0.25) is 0 Å². The van der Waals surface area contributed by atoms with Gasteiger partial charge in [0, 0.05) is 6.54 Å². The maximum absolute atomic E-state index is 11.4. The lowest BCUT2D eigenvalue weighted by molar-refractivity contribution is -0.152. The highest BCUT2D eigenvalue weighted by Crippen LogP contribution is 2.36. The third-order valence-corrected chi connectivity index (χ3v) is 3.86. The second kappa shape index (κ2) is 6.36. The first-order valence-corrected chi connectivity index (χ1v) is 6.64. The molecule has 0 aliphatic carbocycles. The van der Waals surface area contributed by atoms with Crippen molar-refractivity contribution in [3.8, 4) is 0 Å². The van der Waals surface area contributed by atoms with Gasteiger partial charge < -0.3 is 15.1 Å². The zero-order valence-corrected chi connectivity index (χ0v) is 11.0. The minimum absolute atomic E-state index is 0.267. The summed E-state index contributed by atoms with van der Waals surface area (Å²) in [7, 11) is 0. The molecule has 100 valence electrons. The number of piperidine rings is 1. The van der Waals surface area contributed by atoms with E-state index in [1.807, 2.05) is 6.92 Å². The second-order valence-corrected chi connectivity index (χ2v) is 5.31. The fourth-order valence-corrected chi connectivity index (χ4v) is 2.62. The Bertz CT molecular complexity index is 245. The van der Waals surface area contributed by atoms with Gasteiger partial charge in [-0.1, -0.05) is 13.3 Å².